The highest BCUT2D eigenvalue weighted by Crippen LogP contribution is 1.84. The van der Waals surface area contributed by atoms with Crippen molar-refractivity contribution in [2.45, 2.75) is 13.0 Å². The summed E-state index contributed by atoms with van der Waals surface area (Å²) < 4.78 is 4.35. The van der Waals surface area contributed by atoms with Crippen LogP contribution in [0.15, 0.2) is 0 Å². The van der Waals surface area contributed by atoms with Crippen molar-refractivity contribution < 1.29 is 14.6 Å². The Labute approximate surface area is 41.9 Å². The van der Waals surface area contributed by atoms with Crippen LogP contribution in [0.5, 0.6) is 0 Å². The summed E-state index contributed by atoms with van der Waals surface area (Å²) in [5, 5.41) is 9.69. The van der Waals surface area contributed by atoms with Crippen LogP contribution in [0.1, 0.15) is 6.92 Å². The molecular formula is C4H7O3. The maximum absolute atomic E-state index is 9.69. The Balaban J connectivity index is 3.34. The van der Waals surface area contributed by atoms with E-state index < -0.39 is 12.1 Å². The van der Waals surface area contributed by atoms with Crippen molar-refractivity contribution in [3.05, 3.63) is 0 Å². The first kappa shape index (κ1) is 6.43. The summed E-state index contributed by atoms with van der Waals surface area (Å²) in [5.74, 6) is -1.18. The van der Waals surface area contributed by atoms with E-state index in [1.165, 1.54) is 14.0 Å². The first-order chi connectivity index (χ1) is 3.18. The molecule has 0 bridgehead atoms. The van der Waals surface area contributed by atoms with E-state index in [4.69, 9.17) is 0 Å². The molecule has 3 heteroatoms. The van der Waals surface area contributed by atoms with Crippen molar-refractivity contribution >= 4 is 5.97 Å². The molecule has 1 radical (unpaired) electrons. The largest absolute Gasteiger partial charge is 0.383 e. The number of hydrogen-bond donors (Lipinski definition) is 0. The van der Waals surface area contributed by atoms with Gasteiger partial charge in [0.15, 0.2) is 6.10 Å². The van der Waals surface area contributed by atoms with Gasteiger partial charge in [-0.25, -0.2) is 9.90 Å². The maximum atomic E-state index is 9.69. The maximum Gasteiger partial charge on any atom is 0.383 e. The second-order valence-electron chi connectivity index (χ2n) is 1.20. The fourth-order valence-corrected chi connectivity index (χ4v) is 0.0962. The van der Waals surface area contributed by atoms with Gasteiger partial charge in [-0.2, -0.15) is 0 Å². The predicted molar refractivity (Wildman–Crippen MR) is 22.2 cm³/mol. The number of methoxy groups -OCH3 is 1. The highest BCUT2D eigenvalue weighted by atomic mass is 16.5. The SMILES string of the molecule is COC(C)C([O])=O. The minimum atomic E-state index is -1.18. The molecule has 0 aromatic rings. The third-order valence-corrected chi connectivity index (χ3v) is 0.685. The minimum Gasteiger partial charge on any atom is -0.370 e. The van der Waals surface area contributed by atoms with Crippen LogP contribution in [0.25, 0.3) is 0 Å². The van der Waals surface area contributed by atoms with Crippen molar-refractivity contribution in [1.82, 2.24) is 0 Å². The zero-order chi connectivity index (χ0) is 5.86. The number of hydrogen-bond acceptors (Lipinski definition) is 2. The van der Waals surface area contributed by atoms with Crippen molar-refractivity contribution in [2.75, 3.05) is 7.11 Å². The van der Waals surface area contributed by atoms with Crippen molar-refractivity contribution in [2.24, 2.45) is 0 Å². The zero-order valence-corrected chi connectivity index (χ0v) is 4.30. The number of carbonyl (C=O) groups is 1. The lowest BCUT2D eigenvalue weighted by Crippen LogP contribution is -2.15. The first-order valence-electron chi connectivity index (χ1n) is 1.92. The van der Waals surface area contributed by atoms with Gasteiger partial charge in [-0.05, 0) is 6.92 Å². The van der Waals surface area contributed by atoms with Crippen LogP contribution in [0.2, 0.25) is 0 Å². The molecule has 0 aliphatic rings. The molecule has 0 rings (SSSR count). The number of carbonyl (C=O) groups excluding carboxylic acids is 1. The summed E-state index contributed by atoms with van der Waals surface area (Å²) in [6.45, 7) is 1.41. The lowest BCUT2D eigenvalue weighted by atomic mass is 10.4. The average molecular weight is 103 g/mol. The van der Waals surface area contributed by atoms with Crippen molar-refractivity contribution in [3.8, 4) is 0 Å². The summed E-state index contributed by atoms with van der Waals surface area (Å²) in [6, 6.07) is 0. The average Bonchev–Trinajstić information content (AvgIpc) is 1.65. The molecule has 41 valence electrons. The van der Waals surface area contributed by atoms with Gasteiger partial charge in [-0.3, -0.25) is 0 Å². The van der Waals surface area contributed by atoms with E-state index >= 15 is 0 Å². The Hall–Kier alpha value is -0.570. The topological polar surface area (TPSA) is 46.2 Å². The van der Waals surface area contributed by atoms with E-state index in [9.17, 15) is 9.90 Å². The monoisotopic (exact) mass is 103 g/mol. The van der Waals surface area contributed by atoms with E-state index in [1.807, 2.05) is 0 Å². The van der Waals surface area contributed by atoms with Gasteiger partial charge in [0.25, 0.3) is 0 Å². The summed E-state index contributed by atoms with van der Waals surface area (Å²) in [4.78, 5) is 9.69. The Morgan fingerprint density at radius 1 is 1.71 bits per heavy atom. The van der Waals surface area contributed by atoms with Crippen molar-refractivity contribution in [3.63, 3.8) is 0 Å². The lowest BCUT2D eigenvalue weighted by molar-refractivity contribution is -0.153. The second kappa shape index (κ2) is 2.58. The minimum absolute atomic E-state index is 0.792. The van der Waals surface area contributed by atoms with Gasteiger partial charge >= 0.3 is 5.97 Å². The zero-order valence-electron chi connectivity index (χ0n) is 4.30. The van der Waals surface area contributed by atoms with Crippen LogP contribution in [-0.2, 0) is 14.6 Å². The summed E-state index contributed by atoms with van der Waals surface area (Å²) in [7, 11) is 1.32. The lowest BCUT2D eigenvalue weighted by Gasteiger charge is -1.96. The summed E-state index contributed by atoms with van der Waals surface area (Å²) >= 11 is 0. The molecule has 0 amide bonds. The Morgan fingerprint density at radius 2 is 2.14 bits per heavy atom. The molecule has 1 atom stereocenters. The third kappa shape index (κ3) is 2.17. The highest BCUT2D eigenvalue weighted by Gasteiger charge is 2.09. The smallest absolute Gasteiger partial charge is 0.370 e. The van der Waals surface area contributed by atoms with Gasteiger partial charge in [0.05, 0.1) is 0 Å². The quantitative estimate of drug-likeness (QED) is 0.493. The summed E-state index contributed by atoms with van der Waals surface area (Å²) in [5.41, 5.74) is 0. The number of rotatable bonds is 2. The molecule has 0 fully saturated rings. The standard InChI is InChI=1S/C4H7O3/c1-3(7-2)4(5)6/h3H,1-2H3. The molecule has 0 aromatic carbocycles. The first-order valence-corrected chi connectivity index (χ1v) is 1.92. The van der Waals surface area contributed by atoms with Crippen LogP contribution in [0.4, 0.5) is 0 Å². The van der Waals surface area contributed by atoms with E-state index in [0.29, 0.717) is 0 Å². The van der Waals surface area contributed by atoms with E-state index in [-0.39, 0.29) is 0 Å². The predicted octanol–water partition coefficient (Wildman–Crippen LogP) is -0.0216. The Kier molecular flexibility index (Phi) is 2.37. The van der Waals surface area contributed by atoms with Gasteiger partial charge in [0.1, 0.15) is 0 Å². The van der Waals surface area contributed by atoms with Crippen molar-refractivity contribution in [1.29, 1.82) is 0 Å². The summed E-state index contributed by atoms with van der Waals surface area (Å²) in [6.07, 6.45) is -0.792. The molecule has 3 nitrogen and oxygen atoms in total. The normalized spacial score (nSPS) is 13.4. The molecule has 7 heavy (non-hydrogen) atoms. The third-order valence-electron chi connectivity index (χ3n) is 0.685. The molecule has 0 saturated heterocycles. The molecule has 0 N–H and O–H groups in total. The molecule has 0 aliphatic heterocycles. The van der Waals surface area contributed by atoms with E-state index in [2.05, 4.69) is 4.74 Å². The molecule has 0 heterocycles. The van der Waals surface area contributed by atoms with Gasteiger partial charge in [0, 0.05) is 7.11 Å². The molecule has 0 spiro atoms. The van der Waals surface area contributed by atoms with Crippen LogP contribution in [0, 0.1) is 0 Å². The number of ether oxygens (including phenoxy) is 1. The molecule has 0 aliphatic carbocycles. The highest BCUT2D eigenvalue weighted by molar-refractivity contribution is 5.71. The van der Waals surface area contributed by atoms with Gasteiger partial charge in [-0.15, -0.1) is 0 Å². The molecule has 0 aromatic heterocycles. The molecule has 1 unspecified atom stereocenters. The van der Waals surface area contributed by atoms with Crippen LogP contribution in [0.3, 0.4) is 0 Å². The molecule has 0 saturated carbocycles. The van der Waals surface area contributed by atoms with Gasteiger partial charge in [-0.1, -0.05) is 0 Å². The fraction of sp³-hybridized carbons (Fsp3) is 0.750. The van der Waals surface area contributed by atoms with Crippen LogP contribution < -0.4 is 0 Å². The van der Waals surface area contributed by atoms with E-state index in [1.54, 1.807) is 0 Å². The Bertz CT molecular complexity index is 69.3. The van der Waals surface area contributed by atoms with Crippen LogP contribution in [-0.4, -0.2) is 19.2 Å². The second-order valence-corrected chi connectivity index (χ2v) is 1.20. The molecular weight excluding hydrogens is 96.0 g/mol. The van der Waals surface area contributed by atoms with Gasteiger partial charge < -0.3 is 4.74 Å². The Morgan fingerprint density at radius 3 is 2.14 bits per heavy atom. The van der Waals surface area contributed by atoms with E-state index in [0.717, 1.165) is 0 Å². The van der Waals surface area contributed by atoms with Crippen LogP contribution >= 0.6 is 0 Å². The van der Waals surface area contributed by atoms with Gasteiger partial charge in [0.2, 0.25) is 0 Å². The fourth-order valence-electron chi connectivity index (χ4n) is 0.0962.